The minimum absolute atomic E-state index is 0.0987. The molecule has 1 fully saturated rings. The molecule has 0 aromatic heterocycles. The van der Waals surface area contributed by atoms with E-state index in [1.807, 2.05) is 0 Å². The third kappa shape index (κ3) is 2.57. The summed E-state index contributed by atoms with van der Waals surface area (Å²) in [6.07, 6.45) is 2.49. The van der Waals surface area contributed by atoms with Gasteiger partial charge in [-0.05, 0) is 25.0 Å². The van der Waals surface area contributed by atoms with Crippen LogP contribution in [0.15, 0.2) is 18.2 Å². The molecule has 3 nitrogen and oxygen atoms in total. The van der Waals surface area contributed by atoms with Crippen molar-refractivity contribution in [3.8, 4) is 5.75 Å². The van der Waals surface area contributed by atoms with E-state index in [2.05, 4.69) is 0 Å². The topological polar surface area (TPSA) is 29.5 Å². The van der Waals surface area contributed by atoms with Gasteiger partial charge in [0.15, 0.2) is 0 Å². The van der Waals surface area contributed by atoms with Crippen LogP contribution in [-0.4, -0.2) is 24.5 Å². The molecule has 0 saturated carbocycles. The Morgan fingerprint density at radius 1 is 1.41 bits per heavy atom. The quantitative estimate of drug-likeness (QED) is 0.807. The first-order chi connectivity index (χ1) is 8.22. The lowest BCUT2D eigenvalue weighted by Gasteiger charge is -2.27. The highest BCUT2D eigenvalue weighted by Crippen LogP contribution is 2.24. The lowest BCUT2D eigenvalue weighted by atomic mass is 10.1. The fourth-order valence-corrected chi connectivity index (χ4v) is 2.10. The van der Waals surface area contributed by atoms with Crippen LogP contribution < -0.4 is 4.74 Å². The molecule has 0 atom stereocenters. The molecule has 0 N–H and O–H groups in total. The van der Waals surface area contributed by atoms with Crippen LogP contribution in [0.25, 0.3) is 0 Å². The van der Waals surface area contributed by atoms with Gasteiger partial charge in [0.1, 0.15) is 11.6 Å². The zero-order valence-corrected chi connectivity index (χ0v) is 9.91. The summed E-state index contributed by atoms with van der Waals surface area (Å²) in [5, 5.41) is 0. The van der Waals surface area contributed by atoms with Crippen molar-refractivity contribution in [1.29, 1.82) is 0 Å². The molecule has 1 aliphatic rings. The lowest BCUT2D eigenvalue weighted by Crippen LogP contribution is -2.35. The molecule has 92 valence electrons. The van der Waals surface area contributed by atoms with Gasteiger partial charge in [0, 0.05) is 18.5 Å². The number of hydrogen-bond acceptors (Lipinski definition) is 2. The maximum atomic E-state index is 13.7. The molecule has 0 unspecified atom stereocenters. The monoisotopic (exact) mass is 237 g/mol. The second kappa shape index (κ2) is 5.17. The van der Waals surface area contributed by atoms with Crippen molar-refractivity contribution in [2.45, 2.75) is 25.8 Å². The highest BCUT2D eigenvalue weighted by molar-refractivity contribution is 5.76. The first-order valence-electron chi connectivity index (χ1n) is 5.81. The predicted molar refractivity (Wildman–Crippen MR) is 62.2 cm³/mol. The number of carbonyl (C=O) groups excluding carboxylic acids is 1. The average Bonchev–Trinajstić information content (AvgIpc) is 2.34. The normalized spacial score (nSPS) is 16.1. The fraction of sp³-hybridized carbons (Fsp3) is 0.462. The van der Waals surface area contributed by atoms with Crippen molar-refractivity contribution < 1.29 is 13.9 Å². The first kappa shape index (κ1) is 11.9. The molecule has 2 rings (SSSR count). The van der Waals surface area contributed by atoms with Gasteiger partial charge in [0.05, 0.1) is 13.7 Å². The molecule has 0 radical (unpaired) electrons. The second-order valence-electron chi connectivity index (χ2n) is 4.19. The number of ether oxygens (including phenoxy) is 1. The molecule has 1 amide bonds. The van der Waals surface area contributed by atoms with Crippen molar-refractivity contribution >= 4 is 5.91 Å². The molecule has 1 aromatic carbocycles. The van der Waals surface area contributed by atoms with E-state index >= 15 is 0 Å². The van der Waals surface area contributed by atoms with Crippen molar-refractivity contribution in [2.24, 2.45) is 0 Å². The largest absolute Gasteiger partial charge is 0.496 e. The highest BCUT2D eigenvalue weighted by Gasteiger charge is 2.21. The number of hydrogen-bond donors (Lipinski definition) is 0. The molecule has 0 bridgehead atoms. The number of rotatable bonds is 3. The summed E-state index contributed by atoms with van der Waals surface area (Å²) < 4.78 is 18.8. The standard InChI is InChI=1S/C13H16FNO2/c1-17-12-6-4-5-11(14)10(12)9-15-8-3-2-7-13(15)16/h4-6H,2-3,7-9H2,1H3. The highest BCUT2D eigenvalue weighted by atomic mass is 19.1. The number of amides is 1. The fourth-order valence-electron chi connectivity index (χ4n) is 2.10. The molecule has 1 heterocycles. The molecule has 0 spiro atoms. The lowest BCUT2D eigenvalue weighted by molar-refractivity contribution is -0.133. The summed E-state index contributed by atoms with van der Waals surface area (Å²) in [6.45, 7) is 1.00. The SMILES string of the molecule is COc1cccc(F)c1CN1CCCCC1=O. The van der Waals surface area contributed by atoms with Crippen LogP contribution in [0.4, 0.5) is 4.39 Å². The average molecular weight is 237 g/mol. The Labute approximate surface area is 100 Å². The van der Waals surface area contributed by atoms with Crippen molar-refractivity contribution in [3.05, 3.63) is 29.6 Å². The Morgan fingerprint density at radius 3 is 2.94 bits per heavy atom. The van der Waals surface area contributed by atoms with E-state index in [0.717, 1.165) is 12.8 Å². The maximum absolute atomic E-state index is 13.7. The van der Waals surface area contributed by atoms with E-state index in [4.69, 9.17) is 4.74 Å². The minimum Gasteiger partial charge on any atom is -0.496 e. The van der Waals surface area contributed by atoms with Gasteiger partial charge in [0.25, 0.3) is 0 Å². The first-order valence-corrected chi connectivity index (χ1v) is 5.81. The van der Waals surface area contributed by atoms with E-state index < -0.39 is 0 Å². The maximum Gasteiger partial charge on any atom is 0.222 e. The van der Waals surface area contributed by atoms with E-state index in [0.29, 0.717) is 30.8 Å². The molecule has 0 aliphatic carbocycles. The Kier molecular flexibility index (Phi) is 3.61. The number of likely N-dealkylation sites (tertiary alicyclic amines) is 1. The van der Waals surface area contributed by atoms with Crippen LogP contribution in [0, 0.1) is 5.82 Å². The summed E-state index contributed by atoms with van der Waals surface area (Å²) in [5.41, 5.74) is 0.463. The molecule has 4 heteroatoms. The zero-order chi connectivity index (χ0) is 12.3. The number of benzene rings is 1. The van der Waals surface area contributed by atoms with E-state index in [-0.39, 0.29) is 11.7 Å². The number of methoxy groups -OCH3 is 1. The zero-order valence-electron chi connectivity index (χ0n) is 9.91. The van der Waals surface area contributed by atoms with Gasteiger partial charge in [0.2, 0.25) is 5.91 Å². The van der Waals surface area contributed by atoms with Gasteiger partial charge in [-0.15, -0.1) is 0 Å². The number of carbonyl (C=O) groups is 1. The Morgan fingerprint density at radius 2 is 2.24 bits per heavy atom. The van der Waals surface area contributed by atoms with Crippen molar-refractivity contribution in [3.63, 3.8) is 0 Å². The molecular formula is C13H16FNO2. The van der Waals surface area contributed by atoms with Gasteiger partial charge < -0.3 is 9.64 Å². The van der Waals surface area contributed by atoms with Gasteiger partial charge in [-0.25, -0.2) is 4.39 Å². The molecule has 17 heavy (non-hydrogen) atoms. The summed E-state index contributed by atoms with van der Waals surface area (Å²) >= 11 is 0. The molecule has 1 aromatic rings. The number of nitrogens with zero attached hydrogens (tertiary/aromatic N) is 1. The third-order valence-corrected chi connectivity index (χ3v) is 3.07. The Bertz CT molecular complexity index is 420. The van der Waals surface area contributed by atoms with Gasteiger partial charge in [-0.3, -0.25) is 4.79 Å². The van der Waals surface area contributed by atoms with Crippen LogP contribution in [0.5, 0.6) is 5.75 Å². The predicted octanol–water partition coefficient (Wildman–Crippen LogP) is 2.35. The van der Waals surface area contributed by atoms with Crippen LogP contribution in [0.1, 0.15) is 24.8 Å². The minimum atomic E-state index is -0.317. The van der Waals surface area contributed by atoms with Crippen molar-refractivity contribution in [2.75, 3.05) is 13.7 Å². The smallest absolute Gasteiger partial charge is 0.222 e. The van der Waals surface area contributed by atoms with Gasteiger partial charge in [-0.1, -0.05) is 6.07 Å². The molecular weight excluding hydrogens is 221 g/mol. The second-order valence-corrected chi connectivity index (χ2v) is 4.19. The van der Waals surface area contributed by atoms with Gasteiger partial charge >= 0.3 is 0 Å². The van der Waals surface area contributed by atoms with Crippen molar-refractivity contribution in [1.82, 2.24) is 4.90 Å². The van der Waals surface area contributed by atoms with Crippen LogP contribution in [-0.2, 0) is 11.3 Å². The summed E-state index contributed by atoms with van der Waals surface area (Å²) in [6, 6.07) is 4.72. The number of halogens is 1. The van der Waals surface area contributed by atoms with Gasteiger partial charge in [-0.2, -0.15) is 0 Å². The van der Waals surface area contributed by atoms with Crippen LogP contribution in [0.3, 0.4) is 0 Å². The van der Waals surface area contributed by atoms with E-state index in [1.54, 1.807) is 17.0 Å². The Balaban J connectivity index is 2.19. The molecule has 1 aliphatic heterocycles. The third-order valence-electron chi connectivity index (χ3n) is 3.07. The summed E-state index contributed by atoms with van der Waals surface area (Å²) in [7, 11) is 1.51. The summed E-state index contributed by atoms with van der Waals surface area (Å²) in [5.74, 6) is 0.285. The van der Waals surface area contributed by atoms with E-state index in [9.17, 15) is 9.18 Å². The summed E-state index contributed by atoms with van der Waals surface area (Å²) in [4.78, 5) is 13.4. The molecule has 1 saturated heterocycles. The van der Waals surface area contributed by atoms with Crippen LogP contribution >= 0.6 is 0 Å². The van der Waals surface area contributed by atoms with Crippen LogP contribution in [0.2, 0.25) is 0 Å². The Hall–Kier alpha value is -1.58. The van der Waals surface area contributed by atoms with E-state index in [1.165, 1.54) is 13.2 Å². The number of piperidine rings is 1.